The van der Waals surface area contributed by atoms with Crippen molar-refractivity contribution >= 4 is 34.9 Å². The molecule has 0 bridgehead atoms. The highest BCUT2D eigenvalue weighted by molar-refractivity contribution is 6.52. The van der Waals surface area contributed by atoms with Crippen molar-refractivity contribution in [1.29, 1.82) is 0 Å². The SMILES string of the molecule is O=C1C(=O)N(CC(=O)N(Cc2ccccc2)C(C(=O)Nc2ccc3c(c2)OCO3)C2CC=CCC2)c2ccccc21. The maximum atomic E-state index is 14.1. The largest absolute Gasteiger partial charge is 0.454 e. The number of hydrogen-bond acceptors (Lipinski definition) is 6. The number of allylic oxidation sites excluding steroid dienone is 2. The van der Waals surface area contributed by atoms with Crippen LogP contribution in [0.2, 0.25) is 0 Å². The zero-order valence-corrected chi connectivity index (χ0v) is 22.3. The molecule has 0 radical (unpaired) electrons. The molecule has 6 rings (SSSR count). The zero-order valence-electron chi connectivity index (χ0n) is 22.3. The van der Waals surface area contributed by atoms with Crippen molar-refractivity contribution in [1.82, 2.24) is 4.90 Å². The van der Waals surface area contributed by atoms with E-state index in [2.05, 4.69) is 11.4 Å². The van der Waals surface area contributed by atoms with Crippen molar-refractivity contribution < 1.29 is 28.7 Å². The number of Topliss-reactive ketones (excluding diaryl/α,β-unsaturated/α-hetero) is 1. The summed E-state index contributed by atoms with van der Waals surface area (Å²) in [4.78, 5) is 56.5. The van der Waals surface area contributed by atoms with E-state index in [9.17, 15) is 19.2 Å². The molecule has 0 aromatic heterocycles. The first-order valence-electron chi connectivity index (χ1n) is 13.6. The minimum atomic E-state index is -0.832. The number of nitrogens with one attached hydrogen (secondary N) is 1. The minimum Gasteiger partial charge on any atom is -0.454 e. The molecule has 2 atom stereocenters. The number of fused-ring (bicyclic) bond motifs is 2. The number of ketones is 1. The summed E-state index contributed by atoms with van der Waals surface area (Å²) in [5, 5.41) is 2.99. The second-order valence-corrected chi connectivity index (χ2v) is 10.3. The van der Waals surface area contributed by atoms with Crippen molar-refractivity contribution in [2.75, 3.05) is 23.6 Å². The van der Waals surface area contributed by atoms with E-state index in [-0.39, 0.29) is 37.3 Å². The number of rotatable bonds is 8. The summed E-state index contributed by atoms with van der Waals surface area (Å²) in [6.07, 6.45) is 6.26. The van der Waals surface area contributed by atoms with Crippen LogP contribution in [0.4, 0.5) is 11.4 Å². The van der Waals surface area contributed by atoms with Crippen LogP contribution < -0.4 is 19.7 Å². The third-order valence-electron chi connectivity index (χ3n) is 7.69. The summed E-state index contributed by atoms with van der Waals surface area (Å²) < 4.78 is 10.9. The van der Waals surface area contributed by atoms with Gasteiger partial charge in [0, 0.05) is 18.3 Å². The van der Waals surface area contributed by atoms with E-state index in [0.29, 0.717) is 29.3 Å². The van der Waals surface area contributed by atoms with Gasteiger partial charge in [-0.25, -0.2) is 0 Å². The van der Waals surface area contributed by atoms with Crippen molar-refractivity contribution in [3.8, 4) is 11.5 Å². The van der Waals surface area contributed by atoms with E-state index in [1.54, 1.807) is 47.4 Å². The molecule has 2 heterocycles. The van der Waals surface area contributed by atoms with Gasteiger partial charge in [0.05, 0.1) is 11.3 Å². The monoisotopic (exact) mass is 551 g/mol. The Bertz CT molecular complexity index is 1540. The maximum Gasteiger partial charge on any atom is 0.299 e. The van der Waals surface area contributed by atoms with Gasteiger partial charge < -0.3 is 19.7 Å². The van der Waals surface area contributed by atoms with Gasteiger partial charge in [-0.05, 0) is 55.0 Å². The van der Waals surface area contributed by atoms with E-state index in [0.717, 1.165) is 18.4 Å². The van der Waals surface area contributed by atoms with Gasteiger partial charge in [-0.2, -0.15) is 0 Å². The van der Waals surface area contributed by atoms with Crippen LogP contribution in [-0.2, 0) is 20.9 Å². The zero-order chi connectivity index (χ0) is 28.3. The van der Waals surface area contributed by atoms with Gasteiger partial charge in [0.1, 0.15) is 12.6 Å². The van der Waals surface area contributed by atoms with Crippen molar-refractivity contribution in [3.63, 3.8) is 0 Å². The Morgan fingerprint density at radius 3 is 2.54 bits per heavy atom. The summed E-state index contributed by atoms with van der Waals surface area (Å²) in [5.41, 5.74) is 2.04. The first-order valence-corrected chi connectivity index (χ1v) is 13.6. The van der Waals surface area contributed by atoms with Gasteiger partial charge >= 0.3 is 0 Å². The average Bonchev–Trinajstić information content (AvgIpc) is 3.56. The van der Waals surface area contributed by atoms with Crippen molar-refractivity contribution in [3.05, 3.63) is 96.1 Å². The van der Waals surface area contributed by atoms with Gasteiger partial charge in [0.15, 0.2) is 11.5 Å². The number of amides is 3. The number of hydrogen-bond donors (Lipinski definition) is 1. The number of carbonyl (C=O) groups is 4. The molecular weight excluding hydrogens is 522 g/mol. The molecule has 1 aliphatic carbocycles. The van der Waals surface area contributed by atoms with Gasteiger partial charge in [0.2, 0.25) is 18.6 Å². The fourth-order valence-corrected chi connectivity index (χ4v) is 5.66. The first-order chi connectivity index (χ1) is 20.0. The Morgan fingerprint density at radius 2 is 1.73 bits per heavy atom. The fraction of sp³-hybridized carbons (Fsp3) is 0.250. The van der Waals surface area contributed by atoms with E-state index in [1.807, 2.05) is 36.4 Å². The third kappa shape index (κ3) is 5.30. The van der Waals surface area contributed by atoms with Crippen LogP contribution in [0, 0.1) is 5.92 Å². The van der Waals surface area contributed by atoms with Gasteiger partial charge in [-0.15, -0.1) is 0 Å². The van der Waals surface area contributed by atoms with E-state index in [4.69, 9.17) is 9.47 Å². The van der Waals surface area contributed by atoms with Crippen LogP contribution in [-0.4, -0.2) is 47.8 Å². The minimum absolute atomic E-state index is 0.115. The number of nitrogens with zero attached hydrogens (tertiary/aromatic N) is 2. The van der Waals surface area contributed by atoms with Gasteiger partial charge in [0.25, 0.3) is 11.7 Å². The highest BCUT2D eigenvalue weighted by atomic mass is 16.7. The Hall–Kier alpha value is -4.92. The summed E-state index contributed by atoms with van der Waals surface area (Å²) in [6, 6.07) is 20.4. The lowest BCUT2D eigenvalue weighted by Gasteiger charge is -2.37. The Labute approximate surface area is 237 Å². The molecule has 1 N–H and O–H groups in total. The lowest BCUT2D eigenvalue weighted by Crippen LogP contribution is -2.54. The smallest absolute Gasteiger partial charge is 0.299 e. The van der Waals surface area contributed by atoms with Crippen LogP contribution in [0.15, 0.2) is 84.9 Å². The first kappa shape index (κ1) is 26.3. The number of benzene rings is 3. The van der Waals surface area contributed by atoms with E-state index >= 15 is 0 Å². The summed E-state index contributed by atoms with van der Waals surface area (Å²) in [5.74, 6) is -1.16. The molecule has 0 saturated heterocycles. The number of para-hydroxylation sites is 1. The van der Waals surface area contributed by atoms with Gasteiger partial charge in [-0.3, -0.25) is 24.1 Å². The molecular formula is C32H29N3O6. The molecule has 3 amide bonds. The molecule has 208 valence electrons. The van der Waals surface area contributed by atoms with E-state index < -0.39 is 23.6 Å². The molecule has 9 nitrogen and oxygen atoms in total. The summed E-state index contributed by atoms with van der Waals surface area (Å²) in [6.45, 7) is -0.0779. The Morgan fingerprint density at radius 1 is 0.951 bits per heavy atom. The molecule has 9 heteroatoms. The topological polar surface area (TPSA) is 105 Å². The second kappa shape index (κ2) is 11.3. The number of ether oxygens (including phenoxy) is 2. The van der Waals surface area contributed by atoms with Crippen LogP contribution in [0.5, 0.6) is 11.5 Å². The predicted molar refractivity (Wildman–Crippen MR) is 152 cm³/mol. The van der Waals surface area contributed by atoms with E-state index in [1.165, 1.54) is 4.90 Å². The second-order valence-electron chi connectivity index (χ2n) is 10.3. The predicted octanol–water partition coefficient (Wildman–Crippen LogP) is 4.34. The number of anilines is 2. The molecule has 3 aromatic rings. The molecule has 0 spiro atoms. The number of carbonyl (C=O) groups excluding carboxylic acids is 4. The highest BCUT2D eigenvalue weighted by Crippen LogP contribution is 2.35. The standard InChI is InChI=1S/C32H29N3O6/c36-28(19-34-25-14-8-7-13-24(25)30(37)32(34)39)35(18-21-9-3-1-4-10-21)29(22-11-5-2-6-12-22)31(38)33-23-15-16-26-27(17-23)41-20-40-26/h1-5,7-10,13-17,22,29H,6,11-12,18-20H2,(H,33,38). The summed E-state index contributed by atoms with van der Waals surface area (Å²) >= 11 is 0. The molecule has 2 unspecified atom stereocenters. The third-order valence-corrected chi connectivity index (χ3v) is 7.69. The normalized spacial score (nSPS) is 17.8. The maximum absolute atomic E-state index is 14.1. The lowest BCUT2D eigenvalue weighted by atomic mass is 9.85. The average molecular weight is 552 g/mol. The van der Waals surface area contributed by atoms with Crippen LogP contribution in [0.3, 0.4) is 0 Å². The molecule has 3 aliphatic rings. The Kier molecular flexibility index (Phi) is 7.24. The quantitative estimate of drug-likeness (QED) is 0.330. The van der Waals surface area contributed by atoms with Crippen molar-refractivity contribution in [2.24, 2.45) is 5.92 Å². The van der Waals surface area contributed by atoms with Crippen molar-refractivity contribution in [2.45, 2.75) is 31.8 Å². The van der Waals surface area contributed by atoms with Crippen LogP contribution in [0.1, 0.15) is 35.2 Å². The van der Waals surface area contributed by atoms with Crippen LogP contribution in [0.25, 0.3) is 0 Å². The lowest BCUT2D eigenvalue weighted by molar-refractivity contribution is -0.140. The fourth-order valence-electron chi connectivity index (χ4n) is 5.66. The molecule has 3 aromatic carbocycles. The molecule has 0 fully saturated rings. The summed E-state index contributed by atoms with van der Waals surface area (Å²) in [7, 11) is 0. The van der Waals surface area contributed by atoms with Crippen LogP contribution >= 0.6 is 0 Å². The molecule has 0 saturated carbocycles. The Balaban J connectivity index is 1.33. The highest BCUT2D eigenvalue weighted by Gasteiger charge is 2.41. The molecule has 2 aliphatic heterocycles. The molecule has 41 heavy (non-hydrogen) atoms. The van der Waals surface area contributed by atoms with Gasteiger partial charge in [-0.1, -0.05) is 54.6 Å².